The molecule has 264 valence electrons. The lowest BCUT2D eigenvalue weighted by molar-refractivity contribution is 0.112. The Kier molecular flexibility index (Phi) is 8.23. The summed E-state index contributed by atoms with van der Waals surface area (Å²) in [7, 11) is 0. The molecule has 0 atom stereocenters. The maximum Gasteiger partial charge on any atom is 0.150 e. The molecule has 0 unspecified atom stereocenters. The third-order valence-corrected chi connectivity index (χ3v) is 10.5. The maximum absolute atomic E-state index is 12.6. The summed E-state index contributed by atoms with van der Waals surface area (Å²) in [5.74, 6) is 0. The van der Waals surface area contributed by atoms with Crippen molar-refractivity contribution in [3.8, 4) is 55.6 Å². The summed E-state index contributed by atoms with van der Waals surface area (Å²) in [5, 5.41) is 0. The van der Waals surface area contributed by atoms with Crippen molar-refractivity contribution < 1.29 is 4.79 Å². The molecule has 8 bridgehead atoms. The van der Waals surface area contributed by atoms with E-state index in [1.165, 1.54) is 0 Å². The van der Waals surface area contributed by atoms with E-state index in [2.05, 4.69) is 137 Å². The maximum atomic E-state index is 12.6. The second-order valence-electron chi connectivity index (χ2n) is 13.9. The summed E-state index contributed by atoms with van der Waals surface area (Å²) in [4.78, 5) is 31.2. The lowest BCUT2D eigenvalue weighted by Crippen LogP contribution is -1.91. The van der Waals surface area contributed by atoms with Crippen LogP contribution < -0.4 is 0 Å². The molecule has 5 heterocycles. The minimum Gasteiger partial charge on any atom is -0.354 e. The Balaban J connectivity index is 1.46. The molecule has 0 radical (unpaired) electrons. The van der Waals surface area contributed by atoms with Gasteiger partial charge in [0.2, 0.25) is 0 Å². The van der Waals surface area contributed by atoms with Crippen LogP contribution in [0.1, 0.15) is 33.1 Å². The molecule has 0 fully saturated rings. The average Bonchev–Trinajstić information content (AvgIpc) is 4.10. The molecule has 2 aliphatic rings. The number of hydrogen-bond donors (Lipinski definition) is 2. The molecule has 3 aromatic heterocycles. The van der Waals surface area contributed by atoms with Gasteiger partial charge in [0.15, 0.2) is 6.29 Å². The molecule has 0 spiro atoms. The molecule has 0 aliphatic carbocycles. The van der Waals surface area contributed by atoms with Crippen molar-refractivity contribution in [2.45, 2.75) is 0 Å². The second-order valence-corrected chi connectivity index (χ2v) is 13.9. The van der Waals surface area contributed by atoms with E-state index in [9.17, 15) is 4.79 Å². The van der Waals surface area contributed by atoms with Crippen LogP contribution in [0, 0.1) is 0 Å². The first kappa shape index (κ1) is 33.0. The van der Waals surface area contributed by atoms with E-state index in [-0.39, 0.29) is 0 Å². The van der Waals surface area contributed by atoms with Gasteiger partial charge in [0.1, 0.15) is 0 Å². The molecule has 0 amide bonds. The Labute approximate surface area is 324 Å². The number of aldehydes is 1. The highest BCUT2D eigenvalue weighted by Gasteiger charge is 2.21. The van der Waals surface area contributed by atoms with E-state index in [1.54, 1.807) is 0 Å². The first-order valence-electron chi connectivity index (χ1n) is 18.7. The van der Waals surface area contributed by atoms with Crippen LogP contribution in [-0.2, 0) is 0 Å². The summed E-state index contributed by atoms with van der Waals surface area (Å²) in [6.45, 7) is 0. The van der Waals surface area contributed by atoms with Crippen molar-refractivity contribution in [2.75, 3.05) is 0 Å². The molecule has 5 aromatic carbocycles. The zero-order valence-electron chi connectivity index (χ0n) is 30.3. The Morgan fingerprint density at radius 1 is 0.375 bits per heavy atom. The number of nitrogens with one attached hydrogen (secondary N) is 2. The van der Waals surface area contributed by atoms with Crippen molar-refractivity contribution in [3.05, 3.63) is 192 Å². The monoisotopic (exact) mass is 718 g/mol. The van der Waals surface area contributed by atoms with Crippen molar-refractivity contribution in [1.82, 2.24) is 19.9 Å². The van der Waals surface area contributed by atoms with Crippen LogP contribution >= 0.6 is 0 Å². The zero-order chi connectivity index (χ0) is 37.4. The van der Waals surface area contributed by atoms with Crippen LogP contribution in [0.3, 0.4) is 0 Å². The molecule has 2 aliphatic heterocycles. The van der Waals surface area contributed by atoms with E-state index >= 15 is 0 Å². The molecule has 5 heteroatoms. The lowest BCUT2D eigenvalue weighted by atomic mass is 9.96. The van der Waals surface area contributed by atoms with Crippen LogP contribution in [0.2, 0.25) is 0 Å². The first-order chi connectivity index (χ1) is 27.7. The second kappa shape index (κ2) is 14.0. The zero-order valence-corrected chi connectivity index (χ0v) is 30.3. The summed E-state index contributed by atoms with van der Waals surface area (Å²) in [6.07, 6.45) is 9.34. The number of hydrogen-bond acceptors (Lipinski definition) is 3. The number of aromatic amines is 2. The predicted molar refractivity (Wildman–Crippen MR) is 231 cm³/mol. The lowest BCUT2D eigenvalue weighted by Gasteiger charge is -2.09. The van der Waals surface area contributed by atoms with Gasteiger partial charge in [-0.2, -0.15) is 0 Å². The van der Waals surface area contributed by atoms with Gasteiger partial charge in [-0.15, -0.1) is 0 Å². The Morgan fingerprint density at radius 2 is 0.804 bits per heavy atom. The highest BCUT2D eigenvalue weighted by Crippen LogP contribution is 2.42. The van der Waals surface area contributed by atoms with Crippen LogP contribution in [0.4, 0.5) is 0 Å². The number of rotatable bonds is 6. The highest BCUT2D eigenvalue weighted by molar-refractivity contribution is 6.06. The fourth-order valence-corrected chi connectivity index (χ4v) is 7.98. The van der Waals surface area contributed by atoms with Crippen LogP contribution in [0.25, 0.3) is 102 Å². The fourth-order valence-electron chi connectivity index (χ4n) is 7.98. The van der Waals surface area contributed by atoms with Crippen LogP contribution in [-0.4, -0.2) is 26.2 Å². The van der Waals surface area contributed by atoms with E-state index in [1.807, 2.05) is 60.7 Å². The molecule has 8 aromatic rings. The van der Waals surface area contributed by atoms with Crippen molar-refractivity contribution >= 4 is 52.7 Å². The van der Waals surface area contributed by atoms with E-state index in [0.29, 0.717) is 5.56 Å². The number of benzene rings is 5. The molecule has 2 N–H and O–H groups in total. The van der Waals surface area contributed by atoms with Gasteiger partial charge in [0, 0.05) is 49.9 Å². The van der Waals surface area contributed by atoms with Crippen LogP contribution in [0.5, 0.6) is 0 Å². The third-order valence-electron chi connectivity index (χ3n) is 10.5. The van der Waals surface area contributed by atoms with E-state index in [4.69, 9.17) is 9.97 Å². The van der Waals surface area contributed by atoms with Crippen molar-refractivity contribution in [2.24, 2.45) is 0 Å². The van der Waals surface area contributed by atoms with Crippen molar-refractivity contribution in [3.63, 3.8) is 0 Å². The van der Waals surface area contributed by atoms with Crippen molar-refractivity contribution in [1.29, 1.82) is 0 Å². The molecule has 10 rings (SSSR count). The minimum absolute atomic E-state index is 0.608. The molecule has 5 nitrogen and oxygen atoms in total. The van der Waals surface area contributed by atoms with E-state index in [0.717, 1.165) is 107 Å². The van der Waals surface area contributed by atoms with E-state index < -0.39 is 0 Å². The van der Waals surface area contributed by atoms with Gasteiger partial charge >= 0.3 is 0 Å². The average molecular weight is 719 g/mol. The Morgan fingerprint density at radius 3 is 1.36 bits per heavy atom. The fraction of sp³-hybridized carbons (Fsp3) is 0. The van der Waals surface area contributed by atoms with Gasteiger partial charge in [-0.05, 0) is 70.3 Å². The van der Waals surface area contributed by atoms with Gasteiger partial charge in [-0.3, -0.25) is 4.79 Å². The molecule has 56 heavy (non-hydrogen) atoms. The van der Waals surface area contributed by atoms with Gasteiger partial charge in [0.25, 0.3) is 0 Å². The SMILES string of the molecule is O=Cc1ccccc1-c1cc2[nH]c1c(-c1ccccc1)c1nc(c(-c3ccccc3)c3nc(c(-c4ccccc4)c4ccc([nH]4)c2-c2ccccc2)C=C3)C=C1. The van der Waals surface area contributed by atoms with Gasteiger partial charge in [0.05, 0.1) is 28.3 Å². The highest BCUT2D eigenvalue weighted by atomic mass is 16.1. The number of carbonyl (C=O) groups excluding carboxylic acids is 1. The van der Waals surface area contributed by atoms with Gasteiger partial charge < -0.3 is 9.97 Å². The number of H-pyrrole nitrogens is 2. The normalized spacial score (nSPS) is 11.9. The largest absolute Gasteiger partial charge is 0.354 e. The number of nitrogens with zero attached hydrogens (tertiary/aromatic N) is 2. The Hall–Kier alpha value is -7.63. The predicted octanol–water partition coefficient (Wildman–Crippen LogP) is 12.8. The minimum atomic E-state index is 0.608. The van der Waals surface area contributed by atoms with Gasteiger partial charge in [-0.25, -0.2) is 9.97 Å². The molecular formula is C51H34N4O. The molecular weight excluding hydrogens is 685 g/mol. The molecule has 0 saturated heterocycles. The number of carbonyl (C=O) groups is 1. The summed E-state index contributed by atoms with van der Waals surface area (Å²) in [6, 6.07) is 55.8. The van der Waals surface area contributed by atoms with Crippen LogP contribution in [0.15, 0.2) is 164 Å². The van der Waals surface area contributed by atoms with Gasteiger partial charge in [-0.1, -0.05) is 146 Å². The first-order valence-corrected chi connectivity index (χ1v) is 18.7. The summed E-state index contributed by atoms with van der Waals surface area (Å²) in [5.41, 5.74) is 17.3. The standard InChI is InChI=1S/C51H34N4O/c56-32-37-23-13-14-24-38(37)39-31-46-49(35-19-9-3-10-20-35)44-28-27-42(53-44)47(33-15-5-1-6-16-33)40-25-26-41(52-40)48(34-17-7-2-8-18-34)43-29-30-45(54-43)50(51(39)55-46)36-21-11-4-12-22-36/h1-32,53,55H. The Bertz CT molecular complexity index is 3010. The quantitative estimate of drug-likeness (QED) is 0.168. The number of fused-ring (bicyclic) bond motifs is 8. The molecule has 0 saturated carbocycles. The topological polar surface area (TPSA) is 74.4 Å². The summed E-state index contributed by atoms with van der Waals surface area (Å²) >= 11 is 0. The number of aromatic nitrogens is 4. The third kappa shape index (κ3) is 5.79. The smallest absolute Gasteiger partial charge is 0.150 e. The summed E-state index contributed by atoms with van der Waals surface area (Å²) < 4.78 is 0.